The molecule has 1 unspecified atom stereocenters. The van der Waals surface area contributed by atoms with E-state index in [1.54, 1.807) is 0 Å². The van der Waals surface area contributed by atoms with Gasteiger partial charge in [-0.25, -0.2) is 4.98 Å². The minimum absolute atomic E-state index is 0.0170. The van der Waals surface area contributed by atoms with Crippen molar-refractivity contribution in [2.24, 2.45) is 5.73 Å². The van der Waals surface area contributed by atoms with Crippen molar-refractivity contribution in [1.82, 2.24) is 14.5 Å². The lowest BCUT2D eigenvalue weighted by Gasteiger charge is -2.32. The fourth-order valence-corrected chi connectivity index (χ4v) is 2.26. The molecule has 0 aromatic carbocycles. The molecule has 1 aromatic heterocycles. The largest absolute Gasteiger partial charge is 0.374 e. The predicted molar refractivity (Wildman–Crippen MR) is 66.7 cm³/mol. The second-order valence-corrected chi connectivity index (χ2v) is 4.65. The minimum Gasteiger partial charge on any atom is -0.374 e. The molecule has 17 heavy (non-hydrogen) atoms. The third-order valence-electron chi connectivity index (χ3n) is 3.28. The number of ether oxygens (including phenoxy) is 1. The van der Waals surface area contributed by atoms with Gasteiger partial charge in [0.2, 0.25) is 0 Å². The maximum Gasteiger partial charge on any atom is 0.0949 e. The molecular formula is C12H22N4O. The highest BCUT2D eigenvalue weighted by atomic mass is 16.5. The Balaban J connectivity index is 1.98. The Labute approximate surface area is 103 Å². The standard InChI is InChI=1S/C12H22N4O/c1-3-15-4-5-17-11(7-15)8-16-9-14-6-12(16)10(2)13/h6,9-11H,3-5,7-8,13H2,1-2H3/t10-,11?/m1/s1. The highest BCUT2D eigenvalue weighted by Gasteiger charge is 2.20. The van der Waals surface area contributed by atoms with E-state index >= 15 is 0 Å². The van der Waals surface area contributed by atoms with E-state index in [-0.39, 0.29) is 12.1 Å². The molecule has 1 aliphatic heterocycles. The zero-order valence-electron chi connectivity index (χ0n) is 10.7. The lowest BCUT2D eigenvalue weighted by atomic mass is 10.2. The molecule has 1 saturated heterocycles. The SMILES string of the molecule is CCN1CCOC(Cn2cncc2[C@@H](C)N)C1. The van der Waals surface area contributed by atoms with Crippen molar-refractivity contribution in [3.8, 4) is 0 Å². The average molecular weight is 238 g/mol. The van der Waals surface area contributed by atoms with E-state index in [4.69, 9.17) is 10.5 Å². The number of imidazole rings is 1. The highest BCUT2D eigenvalue weighted by Crippen LogP contribution is 2.12. The summed E-state index contributed by atoms with van der Waals surface area (Å²) in [6, 6.07) is 0.0170. The van der Waals surface area contributed by atoms with Gasteiger partial charge in [0.15, 0.2) is 0 Å². The molecule has 1 fully saturated rings. The summed E-state index contributed by atoms with van der Waals surface area (Å²) in [6.07, 6.45) is 3.92. The first kappa shape index (κ1) is 12.5. The van der Waals surface area contributed by atoms with Gasteiger partial charge in [-0.1, -0.05) is 6.92 Å². The number of hydrogen-bond acceptors (Lipinski definition) is 4. The van der Waals surface area contributed by atoms with Crippen molar-refractivity contribution in [3.63, 3.8) is 0 Å². The van der Waals surface area contributed by atoms with Crippen molar-refractivity contribution >= 4 is 0 Å². The molecule has 2 N–H and O–H groups in total. The summed E-state index contributed by atoms with van der Waals surface area (Å²) in [6.45, 7) is 8.95. The monoisotopic (exact) mass is 238 g/mol. The molecule has 96 valence electrons. The Morgan fingerprint density at radius 2 is 2.47 bits per heavy atom. The van der Waals surface area contributed by atoms with Crippen molar-refractivity contribution in [1.29, 1.82) is 0 Å². The normalized spacial score (nSPS) is 23.8. The molecule has 0 aliphatic carbocycles. The summed E-state index contributed by atoms with van der Waals surface area (Å²) >= 11 is 0. The van der Waals surface area contributed by atoms with Crippen molar-refractivity contribution < 1.29 is 4.74 Å². The first-order valence-corrected chi connectivity index (χ1v) is 6.30. The number of nitrogens with zero attached hydrogens (tertiary/aromatic N) is 3. The molecule has 1 aliphatic rings. The maximum atomic E-state index is 5.91. The Kier molecular flexibility index (Phi) is 4.15. The molecule has 1 aromatic rings. The Bertz CT molecular complexity index is 350. The first-order valence-electron chi connectivity index (χ1n) is 6.30. The molecular weight excluding hydrogens is 216 g/mol. The third-order valence-corrected chi connectivity index (χ3v) is 3.28. The number of aromatic nitrogens is 2. The Morgan fingerprint density at radius 3 is 3.18 bits per heavy atom. The van der Waals surface area contributed by atoms with Crippen LogP contribution in [0.25, 0.3) is 0 Å². The van der Waals surface area contributed by atoms with Gasteiger partial charge in [-0.3, -0.25) is 4.90 Å². The number of morpholine rings is 1. The quantitative estimate of drug-likeness (QED) is 0.835. The van der Waals surface area contributed by atoms with Crippen LogP contribution in [0.4, 0.5) is 0 Å². The molecule has 0 spiro atoms. The van der Waals surface area contributed by atoms with E-state index in [2.05, 4.69) is 21.4 Å². The van der Waals surface area contributed by atoms with Crippen molar-refractivity contribution in [2.75, 3.05) is 26.2 Å². The fourth-order valence-electron chi connectivity index (χ4n) is 2.26. The van der Waals surface area contributed by atoms with E-state index < -0.39 is 0 Å². The summed E-state index contributed by atoms with van der Waals surface area (Å²) in [5, 5.41) is 0. The molecule has 0 saturated carbocycles. The topological polar surface area (TPSA) is 56.3 Å². The maximum absolute atomic E-state index is 5.91. The van der Waals surface area contributed by atoms with E-state index in [1.807, 2.05) is 19.4 Å². The van der Waals surface area contributed by atoms with Gasteiger partial charge >= 0.3 is 0 Å². The van der Waals surface area contributed by atoms with Gasteiger partial charge in [0.1, 0.15) is 0 Å². The summed E-state index contributed by atoms with van der Waals surface area (Å²) in [5.41, 5.74) is 6.98. The van der Waals surface area contributed by atoms with Crippen LogP contribution < -0.4 is 5.73 Å². The summed E-state index contributed by atoms with van der Waals surface area (Å²) in [5.74, 6) is 0. The molecule has 2 rings (SSSR count). The molecule has 5 heteroatoms. The van der Waals surface area contributed by atoms with Crippen LogP contribution in [-0.4, -0.2) is 46.8 Å². The fraction of sp³-hybridized carbons (Fsp3) is 0.750. The molecule has 0 radical (unpaired) electrons. The van der Waals surface area contributed by atoms with Crippen LogP contribution in [0, 0.1) is 0 Å². The van der Waals surface area contributed by atoms with Crippen LogP contribution in [0.3, 0.4) is 0 Å². The summed E-state index contributed by atoms with van der Waals surface area (Å²) in [4.78, 5) is 6.58. The summed E-state index contributed by atoms with van der Waals surface area (Å²) < 4.78 is 7.89. The van der Waals surface area contributed by atoms with Gasteiger partial charge in [0.25, 0.3) is 0 Å². The summed E-state index contributed by atoms with van der Waals surface area (Å²) in [7, 11) is 0. The molecule has 0 amide bonds. The zero-order valence-corrected chi connectivity index (χ0v) is 10.7. The van der Waals surface area contributed by atoms with Gasteiger partial charge < -0.3 is 15.0 Å². The second-order valence-electron chi connectivity index (χ2n) is 4.65. The van der Waals surface area contributed by atoms with E-state index in [0.717, 1.165) is 38.5 Å². The molecule has 2 heterocycles. The van der Waals surface area contributed by atoms with Crippen LogP contribution in [-0.2, 0) is 11.3 Å². The number of rotatable bonds is 4. The lowest BCUT2D eigenvalue weighted by molar-refractivity contribution is -0.0346. The smallest absolute Gasteiger partial charge is 0.0949 e. The van der Waals surface area contributed by atoms with Gasteiger partial charge in [-0.05, 0) is 13.5 Å². The molecule has 5 nitrogen and oxygen atoms in total. The number of likely N-dealkylation sites (N-methyl/N-ethyl adjacent to an activating group) is 1. The zero-order chi connectivity index (χ0) is 12.3. The third kappa shape index (κ3) is 3.06. The van der Waals surface area contributed by atoms with Crippen LogP contribution >= 0.6 is 0 Å². The van der Waals surface area contributed by atoms with Gasteiger partial charge in [-0.15, -0.1) is 0 Å². The molecule has 2 atom stereocenters. The predicted octanol–water partition coefficient (Wildman–Crippen LogP) is 0.623. The molecule has 0 bridgehead atoms. The minimum atomic E-state index is 0.0170. The number of nitrogens with two attached hydrogens (primary N) is 1. The van der Waals surface area contributed by atoms with Gasteiger partial charge in [-0.2, -0.15) is 0 Å². The lowest BCUT2D eigenvalue weighted by Crippen LogP contribution is -2.44. The van der Waals surface area contributed by atoms with E-state index in [9.17, 15) is 0 Å². The van der Waals surface area contributed by atoms with Gasteiger partial charge in [0.05, 0.1) is 31.3 Å². The van der Waals surface area contributed by atoms with Crippen LogP contribution in [0.5, 0.6) is 0 Å². The van der Waals surface area contributed by atoms with Crippen LogP contribution in [0.2, 0.25) is 0 Å². The highest BCUT2D eigenvalue weighted by molar-refractivity contribution is 5.03. The van der Waals surface area contributed by atoms with E-state index in [0.29, 0.717) is 0 Å². The average Bonchev–Trinajstić information content (AvgIpc) is 2.77. The van der Waals surface area contributed by atoms with E-state index in [1.165, 1.54) is 0 Å². The van der Waals surface area contributed by atoms with Crippen molar-refractivity contribution in [2.45, 2.75) is 32.5 Å². The van der Waals surface area contributed by atoms with Crippen molar-refractivity contribution in [3.05, 3.63) is 18.2 Å². The number of hydrogen-bond donors (Lipinski definition) is 1. The Morgan fingerprint density at radius 1 is 1.65 bits per heavy atom. The second kappa shape index (κ2) is 5.62. The Hall–Kier alpha value is -0.910. The van der Waals surface area contributed by atoms with Gasteiger partial charge in [0, 0.05) is 25.3 Å². The first-order chi connectivity index (χ1) is 8.20. The van der Waals surface area contributed by atoms with Crippen LogP contribution in [0.15, 0.2) is 12.5 Å². The van der Waals surface area contributed by atoms with Crippen LogP contribution in [0.1, 0.15) is 25.6 Å².